The molecular weight excluding hydrogens is 512 g/mol. The minimum absolute atomic E-state index is 0.0911. The molecule has 0 saturated carbocycles. The van der Waals surface area contributed by atoms with Crippen molar-refractivity contribution in [3.05, 3.63) is 68.1 Å². The van der Waals surface area contributed by atoms with Gasteiger partial charge in [-0.3, -0.25) is 4.90 Å². The molecule has 1 aliphatic carbocycles. The highest BCUT2D eigenvalue weighted by molar-refractivity contribution is 9.11. The van der Waals surface area contributed by atoms with Gasteiger partial charge in [0.1, 0.15) is 0 Å². The van der Waals surface area contributed by atoms with Gasteiger partial charge in [-0.2, -0.15) is 0 Å². The van der Waals surface area contributed by atoms with E-state index < -0.39 is 6.09 Å². The lowest BCUT2D eigenvalue weighted by atomic mass is 9.93. The van der Waals surface area contributed by atoms with E-state index in [0.717, 1.165) is 41.3 Å². The molecule has 1 N–H and O–H groups in total. The third-order valence-electron chi connectivity index (χ3n) is 6.21. The third kappa shape index (κ3) is 4.90. The van der Waals surface area contributed by atoms with Gasteiger partial charge in [-0.1, -0.05) is 56.1 Å². The summed E-state index contributed by atoms with van der Waals surface area (Å²) in [5.41, 5.74) is 3.91. The van der Waals surface area contributed by atoms with Crippen LogP contribution in [0.3, 0.4) is 0 Å². The van der Waals surface area contributed by atoms with Crippen LogP contribution in [0, 0.1) is 0 Å². The highest BCUT2D eigenvalue weighted by atomic mass is 79.9. The Bertz CT molecular complexity index is 868. The van der Waals surface area contributed by atoms with Crippen molar-refractivity contribution in [1.29, 1.82) is 0 Å². The Morgan fingerprint density at radius 2 is 1.60 bits per heavy atom. The molecule has 1 heterocycles. The van der Waals surface area contributed by atoms with Crippen LogP contribution >= 0.6 is 31.9 Å². The molecule has 2 aromatic rings. The van der Waals surface area contributed by atoms with E-state index in [0.29, 0.717) is 26.3 Å². The minimum atomic E-state index is -0.824. The summed E-state index contributed by atoms with van der Waals surface area (Å²) in [7, 11) is 0. The van der Waals surface area contributed by atoms with Crippen molar-refractivity contribution in [2.24, 2.45) is 0 Å². The number of rotatable bonds is 6. The second-order valence-electron chi connectivity index (χ2n) is 8.18. The second kappa shape index (κ2) is 9.39. The highest BCUT2D eigenvalue weighted by Crippen LogP contribution is 2.36. The van der Waals surface area contributed by atoms with Crippen LogP contribution in [0.15, 0.2) is 51.4 Å². The van der Waals surface area contributed by atoms with Gasteiger partial charge >= 0.3 is 6.09 Å². The van der Waals surface area contributed by atoms with E-state index in [-0.39, 0.29) is 5.54 Å². The summed E-state index contributed by atoms with van der Waals surface area (Å²) in [6.45, 7) is 3.93. The minimum Gasteiger partial charge on any atom is -0.465 e. The molecule has 0 bridgehead atoms. The van der Waals surface area contributed by atoms with E-state index in [1.54, 1.807) is 0 Å². The second-order valence-corrected chi connectivity index (χ2v) is 10.0. The Kier molecular flexibility index (Phi) is 6.82. The molecule has 1 saturated heterocycles. The van der Waals surface area contributed by atoms with Crippen molar-refractivity contribution in [2.45, 2.75) is 24.8 Å². The molecule has 2 aromatic carbocycles. The number of halogens is 2. The number of nitrogens with zero attached hydrogens (tertiary/aromatic N) is 2. The largest absolute Gasteiger partial charge is 0.465 e. The maximum Gasteiger partial charge on any atom is 0.407 e. The smallest absolute Gasteiger partial charge is 0.407 e. The van der Waals surface area contributed by atoms with Gasteiger partial charge in [-0.05, 0) is 54.2 Å². The van der Waals surface area contributed by atoms with E-state index in [4.69, 9.17) is 4.74 Å². The van der Waals surface area contributed by atoms with Gasteiger partial charge in [0, 0.05) is 35.1 Å². The van der Waals surface area contributed by atoms with Crippen LogP contribution in [0.25, 0.3) is 0 Å². The monoisotopic (exact) mass is 536 g/mol. The van der Waals surface area contributed by atoms with Crippen LogP contribution in [0.1, 0.15) is 16.7 Å². The molecule has 5 nitrogen and oxygen atoms in total. The molecule has 0 atom stereocenters. The standard InChI is InChI=1S/C23H26Br2N2O3/c24-20-11-17(12-21(25)13-20)5-10-30-16-23(14-18-3-1-2-4-19(18)15-23)27-8-6-26(7-9-27)22(28)29/h1-4,11-13H,5-10,14-16H2,(H,28,29). The highest BCUT2D eigenvalue weighted by Gasteiger charge is 2.43. The Labute approximate surface area is 194 Å². The molecule has 0 spiro atoms. The van der Waals surface area contributed by atoms with Crippen molar-refractivity contribution in [1.82, 2.24) is 9.80 Å². The van der Waals surface area contributed by atoms with Gasteiger partial charge in [-0.25, -0.2) is 4.79 Å². The molecule has 160 valence electrons. The fraction of sp³-hybridized carbons (Fsp3) is 0.435. The van der Waals surface area contributed by atoms with Crippen molar-refractivity contribution in [2.75, 3.05) is 39.4 Å². The number of amides is 1. The lowest BCUT2D eigenvalue weighted by Crippen LogP contribution is -2.60. The summed E-state index contributed by atoms with van der Waals surface area (Å²) in [6, 6.07) is 14.9. The van der Waals surface area contributed by atoms with Crippen LogP contribution in [0.5, 0.6) is 0 Å². The predicted molar refractivity (Wildman–Crippen MR) is 124 cm³/mol. The van der Waals surface area contributed by atoms with Crippen molar-refractivity contribution in [3.63, 3.8) is 0 Å². The number of benzene rings is 2. The zero-order valence-electron chi connectivity index (χ0n) is 16.8. The van der Waals surface area contributed by atoms with E-state index in [1.807, 2.05) is 6.07 Å². The molecule has 1 aliphatic heterocycles. The van der Waals surface area contributed by atoms with Gasteiger partial charge in [0.05, 0.1) is 18.8 Å². The molecule has 0 aromatic heterocycles. The number of carboxylic acid groups (broad SMARTS) is 1. The number of hydrogen-bond acceptors (Lipinski definition) is 3. The topological polar surface area (TPSA) is 53.0 Å². The lowest BCUT2D eigenvalue weighted by Gasteiger charge is -2.45. The van der Waals surface area contributed by atoms with Crippen LogP contribution in [0.4, 0.5) is 4.79 Å². The number of carbonyl (C=O) groups is 1. The first-order chi connectivity index (χ1) is 14.4. The first-order valence-corrected chi connectivity index (χ1v) is 11.9. The van der Waals surface area contributed by atoms with Crippen molar-refractivity contribution >= 4 is 38.0 Å². The lowest BCUT2D eigenvalue weighted by molar-refractivity contribution is -0.0236. The summed E-state index contributed by atoms with van der Waals surface area (Å²) in [5.74, 6) is 0. The normalized spacial score (nSPS) is 18.4. The molecule has 30 heavy (non-hydrogen) atoms. The molecule has 4 rings (SSSR count). The Balaban J connectivity index is 1.42. The molecular formula is C23H26Br2N2O3. The zero-order valence-corrected chi connectivity index (χ0v) is 20.0. The number of ether oxygens (including phenoxy) is 1. The average Bonchev–Trinajstić information content (AvgIpc) is 3.10. The van der Waals surface area contributed by atoms with Gasteiger partial charge in [0.15, 0.2) is 0 Å². The van der Waals surface area contributed by atoms with E-state index in [1.165, 1.54) is 21.6 Å². The Morgan fingerprint density at radius 3 is 2.17 bits per heavy atom. The molecule has 2 aliphatic rings. The molecule has 1 amide bonds. The van der Waals surface area contributed by atoms with Crippen LogP contribution in [0.2, 0.25) is 0 Å². The summed E-state index contributed by atoms with van der Waals surface area (Å²) < 4.78 is 8.38. The molecule has 7 heteroatoms. The predicted octanol–water partition coefficient (Wildman–Crippen LogP) is 4.60. The Morgan fingerprint density at radius 1 is 1.00 bits per heavy atom. The number of fused-ring (bicyclic) bond motifs is 1. The maximum absolute atomic E-state index is 11.3. The SMILES string of the molecule is O=C(O)N1CCN(C2(COCCc3cc(Br)cc(Br)c3)Cc3ccccc3C2)CC1. The molecule has 1 fully saturated rings. The maximum atomic E-state index is 11.3. The summed E-state index contributed by atoms with van der Waals surface area (Å²) in [6.07, 6.45) is 1.94. The van der Waals surface area contributed by atoms with Crippen LogP contribution < -0.4 is 0 Å². The zero-order chi connectivity index (χ0) is 21.1. The summed E-state index contributed by atoms with van der Waals surface area (Å²) >= 11 is 7.09. The third-order valence-corrected chi connectivity index (χ3v) is 7.12. The van der Waals surface area contributed by atoms with Gasteiger partial charge < -0.3 is 14.7 Å². The fourth-order valence-corrected chi connectivity index (χ4v) is 6.06. The fourth-order valence-electron chi connectivity index (χ4n) is 4.67. The van der Waals surface area contributed by atoms with Gasteiger partial charge in [0.25, 0.3) is 0 Å². The van der Waals surface area contributed by atoms with Crippen LogP contribution in [-0.4, -0.2) is 65.9 Å². The van der Waals surface area contributed by atoms with Gasteiger partial charge in [-0.15, -0.1) is 0 Å². The Hall–Kier alpha value is -1.41. The average molecular weight is 538 g/mol. The quantitative estimate of drug-likeness (QED) is 0.547. The van der Waals surface area contributed by atoms with Crippen molar-refractivity contribution < 1.29 is 14.6 Å². The molecule has 0 unspecified atom stereocenters. The molecule has 0 radical (unpaired) electrons. The number of piperazine rings is 1. The first-order valence-electron chi connectivity index (χ1n) is 10.3. The van der Waals surface area contributed by atoms with Crippen molar-refractivity contribution in [3.8, 4) is 0 Å². The van der Waals surface area contributed by atoms with E-state index in [9.17, 15) is 9.90 Å². The van der Waals surface area contributed by atoms with Gasteiger partial charge in [0.2, 0.25) is 0 Å². The van der Waals surface area contributed by atoms with E-state index >= 15 is 0 Å². The summed E-state index contributed by atoms with van der Waals surface area (Å²) in [4.78, 5) is 15.3. The summed E-state index contributed by atoms with van der Waals surface area (Å²) in [5, 5.41) is 9.29. The number of hydrogen-bond donors (Lipinski definition) is 1. The van der Waals surface area contributed by atoms with E-state index in [2.05, 4.69) is 73.2 Å². The first kappa shape index (κ1) is 21.8. The van der Waals surface area contributed by atoms with Crippen LogP contribution in [-0.2, 0) is 24.0 Å².